The number of anilines is 1. The molecule has 0 radical (unpaired) electrons. The zero-order valence-electron chi connectivity index (χ0n) is 11.1. The number of halogens is 1. The van der Waals surface area contributed by atoms with Gasteiger partial charge in [0.25, 0.3) is 0 Å². The average molecular weight is 287 g/mol. The van der Waals surface area contributed by atoms with Crippen LogP contribution in [0, 0.1) is 0 Å². The second-order valence-corrected chi connectivity index (χ2v) is 4.80. The van der Waals surface area contributed by atoms with Gasteiger partial charge in [-0.05, 0) is 36.8 Å². The first kappa shape index (κ1) is 14.3. The molecule has 1 atom stereocenters. The molecule has 0 aliphatic heterocycles. The number of rotatable bonds is 4. The number of nitrogens with one attached hydrogen (secondary N) is 1. The number of carbonyl (C=O) groups excluding carboxylic acids is 1. The van der Waals surface area contributed by atoms with E-state index >= 15 is 0 Å². The van der Waals surface area contributed by atoms with Gasteiger partial charge in [-0.1, -0.05) is 41.9 Å². The molecule has 0 aliphatic rings. The minimum absolute atomic E-state index is 0.153. The molecular formula is C16H15ClN2O. The molecule has 0 saturated carbocycles. The largest absolute Gasteiger partial charge is 0.324 e. The first-order valence-corrected chi connectivity index (χ1v) is 6.67. The first-order valence-electron chi connectivity index (χ1n) is 6.30. The van der Waals surface area contributed by atoms with Gasteiger partial charge >= 0.3 is 0 Å². The summed E-state index contributed by atoms with van der Waals surface area (Å²) in [5, 5.41) is 3.43. The van der Waals surface area contributed by atoms with Crippen LogP contribution in [0.4, 0.5) is 5.69 Å². The Morgan fingerprint density at radius 3 is 2.45 bits per heavy atom. The Labute approximate surface area is 123 Å². The predicted octanol–water partition coefficient (Wildman–Crippen LogP) is 3.79. The van der Waals surface area contributed by atoms with Gasteiger partial charge in [-0.25, -0.2) is 0 Å². The van der Waals surface area contributed by atoms with Crippen LogP contribution in [-0.4, -0.2) is 18.2 Å². The lowest BCUT2D eigenvalue weighted by Gasteiger charge is -2.08. The Balaban J connectivity index is 1.95. The fraction of sp³-hybridized carbons (Fsp3) is 0.125. The molecule has 0 unspecified atom stereocenters. The highest BCUT2D eigenvalue weighted by Gasteiger charge is 2.10. The number of hydrogen-bond donors (Lipinski definition) is 1. The van der Waals surface area contributed by atoms with Crippen molar-refractivity contribution in [1.82, 2.24) is 0 Å². The van der Waals surface area contributed by atoms with Gasteiger partial charge in [-0.15, -0.1) is 0 Å². The maximum Gasteiger partial charge on any atom is 0.248 e. The minimum atomic E-state index is -0.453. The van der Waals surface area contributed by atoms with Crippen molar-refractivity contribution in [1.29, 1.82) is 0 Å². The molecule has 20 heavy (non-hydrogen) atoms. The number of carbonyl (C=O) groups is 1. The quantitative estimate of drug-likeness (QED) is 0.854. The number of nitrogens with zero attached hydrogens (tertiary/aromatic N) is 1. The van der Waals surface area contributed by atoms with Crippen LogP contribution in [0.25, 0.3) is 0 Å². The SMILES string of the molecule is C[C@H](N=Cc1ccccc1)C(=O)Nc1ccc(Cl)cc1. The van der Waals surface area contributed by atoms with E-state index in [0.717, 1.165) is 5.56 Å². The van der Waals surface area contributed by atoms with E-state index in [-0.39, 0.29) is 5.91 Å². The topological polar surface area (TPSA) is 41.5 Å². The monoisotopic (exact) mass is 286 g/mol. The van der Waals surface area contributed by atoms with Crippen molar-refractivity contribution in [2.75, 3.05) is 5.32 Å². The van der Waals surface area contributed by atoms with Gasteiger partial charge in [0.1, 0.15) is 6.04 Å². The van der Waals surface area contributed by atoms with Gasteiger partial charge in [-0.3, -0.25) is 9.79 Å². The molecule has 4 heteroatoms. The highest BCUT2D eigenvalue weighted by atomic mass is 35.5. The van der Waals surface area contributed by atoms with Gasteiger partial charge in [0, 0.05) is 16.9 Å². The smallest absolute Gasteiger partial charge is 0.248 e. The average Bonchev–Trinajstić information content (AvgIpc) is 2.48. The molecule has 2 aromatic carbocycles. The Hall–Kier alpha value is -2.13. The zero-order valence-corrected chi connectivity index (χ0v) is 11.8. The van der Waals surface area contributed by atoms with E-state index in [2.05, 4.69) is 10.3 Å². The number of aliphatic imine (C=N–C) groups is 1. The summed E-state index contributed by atoms with van der Waals surface area (Å²) in [6.45, 7) is 1.75. The van der Waals surface area contributed by atoms with Crippen molar-refractivity contribution < 1.29 is 4.79 Å². The lowest BCUT2D eigenvalue weighted by molar-refractivity contribution is -0.116. The fourth-order valence-electron chi connectivity index (χ4n) is 1.58. The predicted molar refractivity (Wildman–Crippen MR) is 83.6 cm³/mol. The first-order chi connectivity index (χ1) is 9.65. The van der Waals surface area contributed by atoms with Crippen molar-refractivity contribution in [3.05, 3.63) is 65.2 Å². The zero-order chi connectivity index (χ0) is 14.4. The third-order valence-electron chi connectivity index (χ3n) is 2.74. The van der Waals surface area contributed by atoms with Crippen molar-refractivity contribution in [3.8, 4) is 0 Å². The molecule has 102 valence electrons. The molecule has 0 saturated heterocycles. The molecule has 0 bridgehead atoms. The fourth-order valence-corrected chi connectivity index (χ4v) is 1.71. The van der Waals surface area contributed by atoms with Crippen LogP contribution in [0.2, 0.25) is 5.02 Å². The molecule has 3 nitrogen and oxygen atoms in total. The highest BCUT2D eigenvalue weighted by Crippen LogP contribution is 2.13. The number of hydrogen-bond acceptors (Lipinski definition) is 2. The normalized spacial score (nSPS) is 12.3. The van der Waals surface area contributed by atoms with Gasteiger partial charge in [-0.2, -0.15) is 0 Å². The van der Waals surface area contributed by atoms with Crippen LogP contribution in [-0.2, 0) is 4.79 Å². The third-order valence-corrected chi connectivity index (χ3v) is 2.99. The van der Waals surface area contributed by atoms with Crippen molar-refractivity contribution in [3.63, 3.8) is 0 Å². The molecule has 1 amide bonds. The lowest BCUT2D eigenvalue weighted by atomic mass is 10.2. The van der Waals surface area contributed by atoms with E-state index in [9.17, 15) is 4.79 Å². The van der Waals surface area contributed by atoms with E-state index in [0.29, 0.717) is 10.7 Å². The van der Waals surface area contributed by atoms with E-state index in [1.807, 2.05) is 30.3 Å². The van der Waals surface area contributed by atoms with Crippen LogP contribution in [0.5, 0.6) is 0 Å². The highest BCUT2D eigenvalue weighted by molar-refractivity contribution is 6.30. The summed E-state index contributed by atoms with van der Waals surface area (Å²) >= 11 is 5.79. The summed E-state index contributed by atoms with van der Waals surface area (Å²) in [7, 11) is 0. The van der Waals surface area contributed by atoms with E-state index < -0.39 is 6.04 Å². The summed E-state index contributed by atoms with van der Waals surface area (Å²) in [4.78, 5) is 16.2. The van der Waals surface area contributed by atoms with Crippen molar-refractivity contribution >= 4 is 29.4 Å². The molecule has 0 fully saturated rings. The second-order valence-electron chi connectivity index (χ2n) is 4.36. The summed E-state index contributed by atoms with van der Waals surface area (Å²) < 4.78 is 0. The summed E-state index contributed by atoms with van der Waals surface area (Å²) in [6, 6.07) is 16.2. The Bertz CT molecular complexity index is 594. The summed E-state index contributed by atoms with van der Waals surface area (Å²) in [5.41, 5.74) is 1.68. The third kappa shape index (κ3) is 4.21. The van der Waals surface area contributed by atoms with Crippen LogP contribution in [0.3, 0.4) is 0 Å². The number of amides is 1. The van der Waals surface area contributed by atoms with E-state index in [4.69, 9.17) is 11.6 Å². The van der Waals surface area contributed by atoms with Gasteiger partial charge in [0.15, 0.2) is 0 Å². The maximum atomic E-state index is 12.0. The van der Waals surface area contributed by atoms with Crippen LogP contribution in [0.1, 0.15) is 12.5 Å². The maximum absolute atomic E-state index is 12.0. The Kier molecular flexibility index (Phi) is 4.91. The van der Waals surface area contributed by atoms with E-state index in [1.54, 1.807) is 37.4 Å². The van der Waals surface area contributed by atoms with Crippen LogP contribution in [0.15, 0.2) is 59.6 Å². The molecule has 2 aromatic rings. The Morgan fingerprint density at radius 2 is 1.80 bits per heavy atom. The molecule has 0 heterocycles. The van der Waals surface area contributed by atoms with Crippen molar-refractivity contribution in [2.24, 2.45) is 4.99 Å². The number of benzene rings is 2. The van der Waals surface area contributed by atoms with E-state index in [1.165, 1.54) is 0 Å². The standard InChI is InChI=1S/C16H15ClN2O/c1-12(18-11-13-5-3-2-4-6-13)16(20)19-15-9-7-14(17)8-10-15/h2-12H,1H3,(H,19,20)/t12-/m0/s1. The second kappa shape index (κ2) is 6.87. The molecule has 0 aliphatic carbocycles. The van der Waals surface area contributed by atoms with Gasteiger partial charge in [0.2, 0.25) is 5.91 Å². The van der Waals surface area contributed by atoms with Crippen LogP contribution >= 0.6 is 11.6 Å². The minimum Gasteiger partial charge on any atom is -0.324 e. The Morgan fingerprint density at radius 1 is 1.15 bits per heavy atom. The van der Waals surface area contributed by atoms with Crippen molar-refractivity contribution in [2.45, 2.75) is 13.0 Å². The molecule has 0 aromatic heterocycles. The van der Waals surface area contributed by atoms with Gasteiger partial charge in [0.05, 0.1) is 0 Å². The van der Waals surface area contributed by atoms with Crippen LogP contribution < -0.4 is 5.32 Å². The van der Waals surface area contributed by atoms with Gasteiger partial charge < -0.3 is 5.32 Å². The molecular weight excluding hydrogens is 272 g/mol. The molecule has 0 spiro atoms. The molecule has 1 N–H and O–H groups in total. The lowest BCUT2D eigenvalue weighted by Crippen LogP contribution is -2.23. The summed E-state index contributed by atoms with van der Waals surface area (Å²) in [6.07, 6.45) is 1.70. The molecule has 2 rings (SSSR count). The summed E-state index contributed by atoms with van der Waals surface area (Å²) in [5.74, 6) is -0.153.